The highest BCUT2D eigenvalue weighted by molar-refractivity contribution is 14.2. The van der Waals surface area contributed by atoms with Gasteiger partial charge in [-0.1, -0.05) is 6.42 Å². The number of primary amides is 1. The molecule has 2 aliphatic carbocycles. The van der Waals surface area contributed by atoms with Gasteiger partial charge in [0.05, 0.1) is 5.39 Å². The van der Waals surface area contributed by atoms with Gasteiger partial charge in [-0.05, 0) is 85.8 Å². The highest BCUT2D eigenvalue weighted by Gasteiger charge is 2.23. The standard InChI is InChI=1S/C15H18N2OS.C2H5NO.C2H7N.HIS/c1-2-5-10(6-3-1)18-14-13-11-7-4-8-12(11)19-15(13)17-9-16-14;1-2(3)4;1-3-2;1-2/h9-10H,1-8H2;1H3,(H2,3,4);3H,1-2H3;2H. The molecule has 0 unspecified atom stereocenters. The van der Waals surface area contributed by atoms with Crippen LogP contribution < -0.4 is 15.8 Å². The summed E-state index contributed by atoms with van der Waals surface area (Å²) in [5, 5.41) is 3.96. The smallest absolute Gasteiger partial charge is 0.225 e. The summed E-state index contributed by atoms with van der Waals surface area (Å²) in [6.45, 7) is 1.31. The molecule has 2 heterocycles. The van der Waals surface area contributed by atoms with Gasteiger partial charge in [-0.25, -0.2) is 9.97 Å². The Morgan fingerprint density at radius 2 is 1.82 bits per heavy atom. The maximum absolute atomic E-state index is 9.22. The van der Waals surface area contributed by atoms with E-state index in [2.05, 4.69) is 30.8 Å². The van der Waals surface area contributed by atoms with Crippen LogP contribution in [0.2, 0.25) is 0 Å². The minimum Gasteiger partial charge on any atom is -0.474 e. The topological polar surface area (TPSA) is 90.1 Å². The minimum atomic E-state index is -0.333. The Balaban J connectivity index is 0.000000376. The van der Waals surface area contributed by atoms with Crippen LogP contribution in [-0.4, -0.2) is 36.1 Å². The van der Waals surface area contributed by atoms with Gasteiger partial charge in [-0.2, -0.15) is 0 Å². The molecule has 1 saturated carbocycles. The molecule has 0 bridgehead atoms. The average Bonchev–Trinajstić information content (AvgIpc) is 3.26. The number of halogens is 1. The number of aromatic nitrogens is 2. The van der Waals surface area contributed by atoms with Crippen LogP contribution in [0.15, 0.2) is 6.33 Å². The highest BCUT2D eigenvalue weighted by Crippen LogP contribution is 2.40. The Morgan fingerprint density at radius 3 is 2.43 bits per heavy atom. The molecule has 0 aromatic carbocycles. The lowest BCUT2D eigenvalue weighted by molar-refractivity contribution is -0.115. The van der Waals surface area contributed by atoms with Crippen LogP contribution in [0.3, 0.4) is 0 Å². The van der Waals surface area contributed by atoms with Crippen molar-refractivity contribution in [2.45, 2.75) is 64.4 Å². The van der Waals surface area contributed by atoms with Crippen molar-refractivity contribution in [3.63, 3.8) is 0 Å². The predicted molar refractivity (Wildman–Crippen MR) is 130 cm³/mol. The van der Waals surface area contributed by atoms with Crippen molar-refractivity contribution in [3.05, 3.63) is 16.8 Å². The van der Waals surface area contributed by atoms with E-state index in [4.69, 9.17) is 4.74 Å². The van der Waals surface area contributed by atoms with E-state index in [0.29, 0.717) is 6.10 Å². The monoisotopic (exact) mass is 538 g/mol. The van der Waals surface area contributed by atoms with Gasteiger partial charge in [0, 0.05) is 11.8 Å². The Hall–Kier alpha value is -0.650. The normalized spacial score (nSPS) is 15.2. The largest absolute Gasteiger partial charge is 0.474 e. The summed E-state index contributed by atoms with van der Waals surface area (Å²) in [5.41, 5.74) is 5.94. The molecular formula is C19H31IN4O2S2. The van der Waals surface area contributed by atoms with E-state index in [1.165, 1.54) is 74.1 Å². The maximum atomic E-state index is 9.22. The van der Waals surface area contributed by atoms with E-state index in [1.54, 1.807) is 6.33 Å². The lowest BCUT2D eigenvalue weighted by atomic mass is 9.98. The summed E-state index contributed by atoms with van der Waals surface area (Å²) in [7, 11) is 7.25. The first-order chi connectivity index (χ1) is 13.6. The Kier molecular flexibility index (Phi) is 13.0. The number of carbonyl (C=O) groups is 1. The summed E-state index contributed by atoms with van der Waals surface area (Å²) in [6.07, 6.45) is 12.0. The van der Waals surface area contributed by atoms with E-state index in [0.717, 1.165) is 10.7 Å². The highest BCUT2D eigenvalue weighted by atomic mass is 127. The van der Waals surface area contributed by atoms with Gasteiger partial charge in [0.25, 0.3) is 0 Å². The fourth-order valence-electron chi connectivity index (χ4n) is 3.33. The summed E-state index contributed by atoms with van der Waals surface area (Å²) in [5.74, 6) is 0.510. The van der Waals surface area contributed by atoms with Gasteiger partial charge < -0.3 is 15.8 Å². The molecule has 4 rings (SSSR count). The van der Waals surface area contributed by atoms with Crippen LogP contribution in [-0.2, 0) is 17.6 Å². The first kappa shape index (κ1) is 25.4. The molecule has 0 radical (unpaired) electrons. The molecule has 0 aliphatic heterocycles. The van der Waals surface area contributed by atoms with Crippen LogP contribution in [0, 0.1) is 0 Å². The number of aryl methyl sites for hydroxylation is 2. The van der Waals surface area contributed by atoms with Crippen molar-refractivity contribution in [3.8, 4) is 5.88 Å². The van der Waals surface area contributed by atoms with E-state index < -0.39 is 0 Å². The number of nitrogens with one attached hydrogen (secondary N) is 1. The second-order valence-corrected chi connectivity index (χ2v) is 7.79. The van der Waals surface area contributed by atoms with Crippen LogP contribution in [0.25, 0.3) is 10.2 Å². The van der Waals surface area contributed by atoms with E-state index in [1.807, 2.05) is 46.6 Å². The fourth-order valence-corrected chi connectivity index (χ4v) is 4.55. The van der Waals surface area contributed by atoms with Crippen molar-refractivity contribution in [1.82, 2.24) is 15.3 Å². The van der Waals surface area contributed by atoms with Gasteiger partial charge in [-0.15, -0.1) is 21.1 Å². The van der Waals surface area contributed by atoms with Crippen molar-refractivity contribution >= 4 is 58.5 Å². The Labute approximate surface area is 189 Å². The maximum Gasteiger partial charge on any atom is 0.225 e. The molecule has 6 nitrogen and oxygen atoms in total. The molecule has 0 saturated heterocycles. The third-order valence-electron chi connectivity index (χ3n) is 4.30. The number of rotatable bonds is 2. The number of amides is 1. The molecule has 28 heavy (non-hydrogen) atoms. The molecule has 158 valence electrons. The third-order valence-corrected chi connectivity index (χ3v) is 5.50. The minimum absolute atomic E-state index is 0.333. The zero-order valence-electron chi connectivity index (χ0n) is 16.8. The van der Waals surface area contributed by atoms with Gasteiger partial charge in [0.15, 0.2) is 0 Å². The Morgan fingerprint density at radius 1 is 1.21 bits per heavy atom. The van der Waals surface area contributed by atoms with Crippen LogP contribution in [0.1, 0.15) is 55.9 Å². The molecule has 1 fully saturated rings. The molecule has 0 atom stereocenters. The van der Waals surface area contributed by atoms with Crippen molar-refractivity contribution < 1.29 is 9.53 Å². The summed E-state index contributed by atoms with van der Waals surface area (Å²) in [6, 6.07) is 0. The number of fused-ring (bicyclic) bond motifs is 3. The number of thiophene rings is 1. The number of nitrogens with two attached hydrogens (primary N) is 1. The summed E-state index contributed by atoms with van der Waals surface area (Å²) >= 11 is 3.68. The number of thiol groups is 1. The first-order valence-corrected chi connectivity index (χ1v) is 13.5. The van der Waals surface area contributed by atoms with Crippen molar-refractivity contribution in [2.24, 2.45) is 5.73 Å². The molecule has 9 heteroatoms. The summed E-state index contributed by atoms with van der Waals surface area (Å²) < 4.78 is 6.21. The van der Waals surface area contributed by atoms with E-state index in [9.17, 15) is 4.79 Å². The second kappa shape index (κ2) is 14.4. The molecule has 0 spiro atoms. The Bertz CT molecular complexity index is 717. The zero-order chi connectivity index (χ0) is 20.9. The summed E-state index contributed by atoms with van der Waals surface area (Å²) in [4.78, 5) is 20.7. The van der Waals surface area contributed by atoms with Gasteiger partial charge in [0.1, 0.15) is 17.3 Å². The number of carbonyl (C=O) groups excluding carboxylic acids is 1. The van der Waals surface area contributed by atoms with Gasteiger partial charge >= 0.3 is 0 Å². The molecule has 1 amide bonds. The zero-order valence-corrected chi connectivity index (χ0v) is 20.7. The second-order valence-electron chi connectivity index (χ2n) is 6.70. The fraction of sp³-hybridized carbons (Fsp3) is 0.632. The van der Waals surface area contributed by atoms with Crippen LogP contribution in [0.4, 0.5) is 0 Å². The van der Waals surface area contributed by atoms with Gasteiger partial charge in [-0.3, -0.25) is 4.79 Å². The molecular weight excluding hydrogens is 507 g/mol. The van der Waals surface area contributed by atoms with Crippen molar-refractivity contribution in [2.75, 3.05) is 14.1 Å². The molecule has 2 aliphatic rings. The van der Waals surface area contributed by atoms with E-state index >= 15 is 0 Å². The third kappa shape index (κ3) is 8.00. The number of ether oxygens (including phenoxy) is 1. The lowest BCUT2D eigenvalue weighted by Gasteiger charge is -2.22. The molecule has 3 N–H and O–H groups in total. The predicted octanol–water partition coefficient (Wildman–Crippen LogP) is 4.48. The number of hydrogen-bond acceptors (Lipinski definition) is 7. The van der Waals surface area contributed by atoms with Crippen molar-refractivity contribution in [1.29, 1.82) is 0 Å². The lowest BCUT2D eigenvalue weighted by Crippen LogP contribution is -2.20. The number of hydrogen-bond donors (Lipinski definition) is 3. The first-order valence-electron chi connectivity index (χ1n) is 9.50. The molecule has 2 aromatic heterocycles. The quantitative estimate of drug-likeness (QED) is 0.388. The average molecular weight is 539 g/mol. The molecule has 2 aromatic rings. The van der Waals surface area contributed by atoms with E-state index in [-0.39, 0.29) is 5.91 Å². The SMILES string of the molecule is CC(N)=O.CNC.SI.c1nc(OC2CCCCC2)c2c3c(sc2n1)CCC3. The van der Waals surface area contributed by atoms with Gasteiger partial charge in [0.2, 0.25) is 11.8 Å². The van der Waals surface area contributed by atoms with Crippen LogP contribution in [0.5, 0.6) is 5.88 Å². The number of nitrogens with zero attached hydrogens (tertiary/aromatic N) is 2. The van der Waals surface area contributed by atoms with Crippen LogP contribution >= 0.6 is 42.3 Å².